The van der Waals surface area contributed by atoms with Crippen molar-refractivity contribution in [2.24, 2.45) is 5.92 Å². The minimum Gasteiger partial charge on any atom is -0.492 e. The number of aromatic hydroxyl groups is 4. The molecule has 0 aliphatic heterocycles. The van der Waals surface area contributed by atoms with Crippen molar-refractivity contribution in [1.82, 2.24) is 9.46 Å². The summed E-state index contributed by atoms with van der Waals surface area (Å²) in [6.07, 6.45) is -1.02. The van der Waals surface area contributed by atoms with Crippen molar-refractivity contribution in [3.63, 3.8) is 0 Å². The number of Topliss-reactive ketones (excluding diaryl/α,β-unsaturated/α-hetero) is 1. The first kappa shape index (κ1) is 19.7. The van der Waals surface area contributed by atoms with Crippen LogP contribution in [-0.2, 0) is 14.4 Å². The first-order valence-electron chi connectivity index (χ1n) is 7.87. The van der Waals surface area contributed by atoms with Gasteiger partial charge in [-0.1, -0.05) is 6.92 Å². The maximum atomic E-state index is 12.0. The lowest BCUT2D eigenvalue weighted by Crippen LogP contribution is -2.29. The van der Waals surface area contributed by atoms with E-state index in [2.05, 4.69) is 0 Å². The Bertz CT molecular complexity index is 751. The predicted molar refractivity (Wildman–Crippen MR) is 86.7 cm³/mol. The van der Waals surface area contributed by atoms with Gasteiger partial charge in [-0.3, -0.25) is 4.79 Å². The van der Waals surface area contributed by atoms with Gasteiger partial charge >= 0.3 is 11.9 Å². The van der Waals surface area contributed by atoms with Gasteiger partial charge in [-0.2, -0.15) is 0 Å². The highest BCUT2D eigenvalue weighted by Gasteiger charge is 2.27. The molecule has 4 N–H and O–H groups in total. The zero-order chi connectivity index (χ0) is 20.1. The quantitative estimate of drug-likeness (QED) is 0.496. The molecule has 11 heteroatoms. The average molecular weight is 382 g/mol. The lowest BCUT2D eigenvalue weighted by Gasteiger charge is -2.14. The van der Waals surface area contributed by atoms with Crippen LogP contribution in [0, 0.1) is 5.92 Å². The van der Waals surface area contributed by atoms with E-state index in [1.165, 1.54) is 0 Å². The third-order valence-electron chi connectivity index (χ3n) is 3.61. The number of aromatic nitrogens is 2. The molecular formula is C16H18N2O9. The Kier molecular flexibility index (Phi) is 5.96. The van der Waals surface area contributed by atoms with E-state index in [0.29, 0.717) is 9.46 Å². The van der Waals surface area contributed by atoms with Crippen molar-refractivity contribution >= 4 is 17.7 Å². The van der Waals surface area contributed by atoms with E-state index in [-0.39, 0.29) is 6.42 Å². The molecule has 0 aliphatic rings. The zero-order valence-corrected chi connectivity index (χ0v) is 14.2. The molecule has 11 nitrogen and oxygen atoms in total. The first-order valence-corrected chi connectivity index (χ1v) is 7.87. The fourth-order valence-corrected chi connectivity index (χ4v) is 2.26. The molecular weight excluding hydrogens is 364 g/mol. The van der Waals surface area contributed by atoms with Crippen LogP contribution in [0.5, 0.6) is 23.5 Å². The van der Waals surface area contributed by atoms with Crippen molar-refractivity contribution in [2.75, 3.05) is 0 Å². The van der Waals surface area contributed by atoms with Crippen molar-refractivity contribution in [2.45, 2.75) is 26.2 Å². The average Bonchev–Trinajstić information content (AvgIpc) is 3.10. The lowest BCUT2D eigenvalue weighted by molar-refractivity contribution is -0.152. The first-order chi connectivity index (χ1) is 12.7. The molecule has 0 bridgehead atoms. The van der Waals surface area contributed by atoms with Gasteiger partial charge in [0.25, 0.3) is 0 Å². The maximum absolute atomic E-state index is 12.0. The molecule has 2 heterocycles. The van der Waals surface area contributed by atoms with Crippen molar-refractivity contribution in [1.29, 1.82) is 0 Å². The summed E-state index contributed by atoms with van der Waals surface area (Å²) in [4.78, 5) is 45.5. The topological polar surface area (TPSA) is 160 Å². The molecule has 2 aromatic heterocycles. The molecule has 2 rings (SSSR count). The monoisotopic (exact) mass is 382 g/mol. The van der Waals surface area contributed by atoms with E-state index >= 15 is 0 Å². The number of hydrogen-bond acceptors (Lipinski definition) is 9. The molecule has 146 valence electrons. The second-order valence-corrected chi connectivity index (χ2v) is 5.54. The van der Waals surface area contributed by atoms with Gasteiger partial charge in [0.2, 0.25) is 23.5 Å². The summed E-state index contributed by atoms with van der Waals surface area (Å²) in [5.74, 6) is -5.62. The molecule has 0 aromatic carbocycles. The maximum Gasteiger partial charge on any atom is 0.333 e. The number of ketones is 1. The Balaban J connectivity index is 2.03. The number of carbonyl (C=O) groups is 3. The molecule has 0 amide bonds. The van der Waals surface area contributed by atoms with E-state index in [4.69, 9.17) is 9.68 Å². The second kappa shape index (κ2) is 8.17. The Hall–Kier alpha value is -3.63. The van der Waals surface area contributed by atoms with Crippen LogP contribution in [0.2, 0.25) is 0 Å². The van der Waals surface area contributed by atoms with Gasteiger partial charge in [-0.15, -0.1) is 9.46 Å². The third kappa shape index (κ3) is 4.71. The largest absolute Gasteiger partial charge is 0.492 e. The molecule has 0 atom stereocenters. The van der Waals surface area contributed by atoms with Gasteiger partial charge in [-0.05, 0) is 0 Å². The molecule has 0 spiro atoms. The fraction of sp³-hybridized carbons (Fsp3) is 0.312. The van der Waals surface area contributed by atoms with Crippen molar-refractivity contribution in [3.8, 4) is 23.5 Å². The predicted octanol–water partition coefficient (Wildman–Crippen LogP) is 0.0981. The molecule has 2 aromatic rings. The Labute approximate surface area is 152 Å². The zero-order valence-electron chi connectivity index (χ0n) is 14.2. The summed E-state index contributed by atoms with van der Waals surface area (Å²) in [6.45, 7) is 1.54. The van der Waals surface area contributed by atoms with Crippen LogP contribution in [-0.4, -0.2) is 47.6 Å². The number of hydrogen-bond donors (Lipinski definition) is 4. The minimum absolute atomic E-state index is 0.0330. The van der Waals surface area contributed by atoms with E-state index in [1.54, 1.807) is 6.92 Å². The smallest absolute Gasteiger partial charge is 0.333 e. The third-order valence-corrected chi connectivity index (χ3v) is 3.61. The number of nitrogens with zero attached hydrogens (tertiary/aromatic N) is 2. The van der Waals surface area contributed by atoms with E-state index in [1.807, 2.05) is 0 Å². The van der Waals surface area contributed by atoms with E-state index < -0.39 is 60.0 Å². The molecule has 0 saturated heterocycles. The summed E-state index contributed by atoms with van der Waals surface area (Å²) in [7, 11) is 0. The van der Waals surface area contributed by atoms with Gasteiger partial charge in [0.1, 0.15) is 5.78 Å². The molecule has 0 saturated carbocycles. The standard InChI is InChI=1S/C16H18N2O9/c1-2-10(19)9(7-15(24)26-17-11(20)3-4-12(17)21)8-16(25)27-18-13(22)5-6-14(18)23/h3-6,9,20-23H,2,7-8H2,1H3. The highest BCUT2D eigenvalue weighted by atomic mass is 16.7. The van der Waals surface area contributed by atoms with Crippen LogP contribution in [0.1, 0.15) is 26.2 Å². The molecule has 0 unspecified atom stereocenters. The molecule has 0 radical (unpaired) electrons. The van der Waals surface area contributed by atoms with Crippen molar-refractivity contribution in [3.05, 3.63) is 24.3 Å². The minimum atomic E-state index is -1.10. The van der Waals surface area contributed by atoms with Crippen molar-refractivity contribution < 1.29 is 44.5 Å². The van der Waals surface area contributed by atoms with E-state index in [9.17, 15) is 34.8 Å². The summed E-state index contributed by atoms with van der Waals surface area (Å²) in [5, 5.41) is 37.8. The van der Waals surface area contributed by atoms with Gasteiger partial charge < -0.3 is 30.1 Å². The Morgan fingerprint density at radius 3 is 1.44 bits per heavy atom. The normalized spacial score (nSPS) is 10.7. The molecule has 0 fully saturated rings. The summed E-state index contributed by atoms with van der Waals surface area (Å²) >= 11 is 0. The van der Waals surface area contributed by atoms with Crippen LogP contribution in [0.15, 0.2) is 24.3 Å². The van der Waals surface area contributed by atoms with Crippen LogP contribution in [0.4, 0.5) is 0 Å². The summed E-state index contributed by atoms with van der Waals surface area (Å²) in [6, 6.07) is 4.35. The number of rotatable bonds is 8. The highest BCUT2D eigenvalue weighted by Crippen LogP contribution is 2.21. The van der Waals surface area contributed by atoms with Gasteiger partial charge in [-0.25, -0.2) is 9.59 Å². The SMILES string of the molecule is CCC(=O)C(CC(=O)On1c(O)ccc1O)CC(=O)On1c(O)ccc1O. The van der Waals surface area contributed by atoms with Crippen LogP contribution in [0.25, 0.3) is 0 Å². The van der Waals surface area contributed by atoms with Crippen LogP contribution >= 0.6 is 0 Å². The van der Waals surface area contributed by atoms with E-state index in [0.717, 1.165) is 24.3 Å². The fourth-order valence-electron chi connectivity index (χ4n) is 2.26. The second-order valence-electron chi connectivity index (χ2n) is 5.54. The summed E-state index contributed by atoms with van der Waals surface area (Å²) < 4.78 is 0.925. The Morgan fingerprint density at radius 1 is 0.815 bits per heavy atom. The van der Waals surface area contributed by atoms with Crippen LogP contribution < -0.4 is 9.68 Å². The van der Waals surface area contributed by atoms with Gasteiger partial charge in [0.05, 0.1) is 12.8 Å². The highest BCUT2D eigenvalue weighted by molar-refractivity contribution is 5.88. The Morgan fingerprint density at radius 2 is 1.15 bits per heavy atom. The lowest BCUT2D eigenvalue weighted by atomic mass is 9.95. The molecule has 0 aliphatic carbocycles. The van der Waals surface area contributed by atoms with Gasteiger partial charge in [0.15, 0.2) is 0 Å². The van der Waals surface area contributed by atoms with Gasteiger partial charge in [0, 0.05) is 36.6 Å². The summed E-state index contributed by atoms with van der Waals surface area (Å²) in [5.41, 5.74) is 0. The van der Waals surface area contributed by atoms with Crippen LogP contribution in [0.3, 0.4) is 0 Å². The number of carbonyl (C=O) groups excluding carboxylic acids is 3. The molecule has 27 heavy (non-hydrogen) atoms.